The minimum atomic E-state index is -0.419. The first-order valence-corrected chi connectivity index (χ1v) is 14.4. The zero-order chi connectivity index (χ0) is 29.3. The average Bonchev–Trinajstić information content (AvgIpc) is 3.28. The molecule has 0 radical (unpaired) electrons. The maximum atomic E-state index is 14.5. The lowest BCUT2D eigenvalue weighted by molar-refractivity contribution is -0.120. The first-order valence-electron chi connectivity index (χ1n) is 13.4. The Hall–Kier alpha value is -4.11. The number of anilines is 2. The van der Waals surface area contributed by atoms with Gasteiger partial charge in [-0.1, -0.05) is 50.6 Å². The number of nitrogens with zero attached hydrogens (tertiary/aromatic N) is 3. The van der Waals surface area contributed by atoms with E-state index in [2.05, 4.69) is 26.1 Å². The van der Waals surface area contributed by atoms with Gasteiger partial charge in [0.25, 0.3) is 0 Å². The summed E-state index contributed by atoms with van der Waals surface area (Å²) >= 11 is 1.41. The highest BCUT2D eigenvalue weighted by molar-refractivity contribution is 8.00. The molecule has 41 heavy (non-hydrogen) atoms. The number of nitrogens with one attached hydrogen (secondary N) is 1. The van der Waals surface area contributed by atoms with Crippen molar-refractivity contribution in [1.29, 1.82) is 0 Å². The molecule has 212 valence electrons. The van der Waals surface area contributed by atoms with Crippen LogP contribution in [0.25, 0.3) is 5.69 Å². The Balaban J connectivity index is 1.69. The summed E-state index contributed by atoms with van der Waals surface area (Å²) in [6, 6.07) is 21.3. The molecule has 0 saturated heterocycles. The lowest BCUT2D eigenvalue weighted by atomic mass is 9.87. The molecule has 0 bridgehead atoms. The molecule has 1 atom stereocenters. The number of methoxy groups -OCH3 is 1. The van der Waals surface area contributed by atoms with E-state index in [0.29, 0.717) is 22.9 Å². The highest BCUT2D eigenvalue weighted by Gasteiger charge is 2.40. The van der Waals surface area contributed by atoms with Crippen molar-refractivity contribution in [3.8, 4) is 11.4 Å². The van der Waals surface area contributed by atoms with Crippen LogP contribution in [0.15, 0.2) is 72.8 Å². The van der Waals surface area contributed by atoms with Crippen LogP contribution in [0, 0.1) is 12.7 Å². The van der Waals surface area contributed by atoms with Gasteiger partial charge in [-0.2, -0.15) is 5.10 Å². The third-order valence-electron chi connectivity index (χ3n) is 6.90. The van der Waals surface area contributed by atoms with E-state index in [-0.39, 0.29) is 35.2 Å². The molecule has 3 aromatic carbocycles. The standard InChI is InChI=1S/C32H33FN4O3S/c1-20-9-11-23(12-10-20)34-26(38)18-36-27(39)19-41-29(21-7-6-8-22(33)17-21)28-30(32(2,3)4)35-37(31(28)36)24-13-15-25(40-5)16-14-24/h6-17,29H,18-19H2,1-5H3,(H,34,38). The van der Waals surface area contributed by atoms with Gasteiger partial charge in [0, 0.05) is 16.7 Å². The summed E-state index contributed by atoms with van der Waals surface area (Å²) < 4.78 is 21.5. The molecule has 9 heteroatoms. The third kappa shape index (κ3) is 6.00. The molecular weight excluding hydrogens is 539 g/mol. The summed E-state index contributed by atoms with van der Waals surface area (Å²) in [6.07, 6.45) is 0. The fraction of sp³-hybridized carbons (Fsp3) is 0.281. The normalized spacial score (nSPS) is 15.3. The number of aromatic nitrogens is 2. The molecule has 0 fully saturated rings. The molecule has 0 saturated carbocycles. The highest BCUT2D eigenvalue weighted by atomic mass is 32.2. The lowest BCUT2D eigenvalue weighted by Gasteiger charge is -2.24. The van der Waals surface area contributed by atoms with Crippen LogP contribution >= 0.6 is 11.8 Å². The van der Waals surface area contributed by atoms with E-state index >= 15 is 0 Å². The van der Waals surface area contributed by atoms with E-state index in [1.807, 2.05) is 61.5 Å². The molecule has 0 aliphatic carbocycles. The number of halogens is 1. The number of benzene rings is 3. The topological polar surface area (TPSA) is 76.5 Å². The van der Waals surface area contributed by atoms with Crippen LogP contribution in [0.5, 0.6) is 5.75 Å². The van der Waals surface area contributed by atoms with Crippen molar-refractivity contribution >= 4 is 35.1 Å². The smallest absolute Gasteiger partial charge is 0.244 e. The highest BCUT2D eigenvalue weighted by Crippen LogP contribution is 2.48. The van der Waals surface area contributed by atoms with Gasteiger partial charge >= 0.3 is 0 Å². The van der Waals surface area contributed by atoms with Gasteiger partial charge in [0.15, 0.2) is 0 Å². The number of fused-ring (bicyclic) bond motifs is 1. The van der Waals surface area contributed by atoms with Crippen LogP contribution in [0.3, 0.4) is 0 Å². The number of carbonyl (C=O) groups excluding carboxylic acids is 2. The molecule has 1 unspecified atom stereocenters. The molecular formula is C32H33FN4O3S. The number of carbonyl (C=O) groups is 2. The first kappa shape index (κ1) is 28.4. The summed E-state index contributed by atoms with van der Waals surface area (Å²) in [5, 5.41) is 7.59. The van der Waals surface area contributed by atoms with Crippen molar-refractivity contribution in [2.45, 2.75) is 38.4 Å². The van der Waals surface area contributed by atoms with Crippen LogP contribution in [0.4, 0.5) is 15.9 Å². The number of hydrogen-bond donors (Lipinski definition) is 1. The van der Waals surface area contributed by atoms with Crippen molar-refractivity contribution in [2.75, 3.05) is 29.6 Å². The Morgan fingerprint density at radius 1 is 1.10 bits per heavy atom. The summed E-state index contributed by atoms with van der Waals surface area (Å²) in [4.78, 5) is 28.7. The minimum absolute atomic E-state index is 0.111. The van der Waals surface area contributed by atoms with E-state index in [9.17, 15) is 14.0 Å². The maximum Gasteiger partial charge on any atom is 0.244 e. The molecule has 2 amide bonds. The number of amides is 2. The van der Waals surface area contributed by atoms with Crippen LogP contribution in [0.1, 0.15) is 48.4 Å². The van der Waals surface area contributed by atoms with Crippen molar-refractivity contribution in [3.05, 3.63) is 101 Å². The van der Waals surface area contributed by atoms with Gasteiger partial charge < -0.3 is 10.1 Å². The van der Waals surface area contributed by atoms with E-state index in [1.165, 1.54) is 28.8 Å². The molecule has 7 nitrogen and oxygen atoms in total. The first-order chi connectivity index (χ1) is 19.5. The summed E-state index contributed by atoms with van der Waals surface area (Å²) in [7, 11) is 1.60. The number of ether oxygens (including phenoxy) is 1. The third-order valence-corrected chi connectivity index (χ3v) is 8.16. The zero-order valence-electron chi connectivity index (χ0n) is 23.8. The molecule has 1 aromatic heterocycles. The predicted octanol–water partition coefficient (Wildman–Crippen LogP) is 6.43. The molecule has 1 N–H and O–H groups in total. The SMILES string of the molecule is COc1ccc(-n2nc(C(C)(C)C)c3c2N(CC(=O)Nc2ccc(C)cc2)C(=O)CSC3c2cccc(F)c2)cc1. The van der Waals surface area contributed by atoms with Crippen LogP contribution < -0.4 is 15.0 Å². The second kappa shape index (κ2) is 11.4. The monoisotopic (exact) mass is 572 g/mol. The number of thioether (sulfide) groups is 1. The van der Waals surface area contributed by atoms with Gasteiger partial charge in [0.2, 0.25) is 11.8 Å². The van der Waals surface area contributed by atoms with E-state index in [1.54, 1.807) is 17.9 Å². The van der Waals surface area contributed by atoms with Gasteiger partial charge in [-0.25, -0.2) is 9.07 Å². The lowest BCUT2D eigenvalue weighted by Crippen LogP contribution is -2.40. The fourth-order valence-electron chi connectivity index (χ4n) is 4.89. The summed E-state index contributed by atoms with van der Waals surface area (Å²) in [5.74, 6) is 0.380. The fourth-order valence-corrected chi connectivity index (χ4v) is 6.08. The quantitative estimate of drug-likeness (QED) is 0.288. The van der Waals surface area contributed by atoms with E-state index in [4.69, 9.17) is 9.84 Å². The number of aryl methyl sites for hydroxylation is 1. The molecule has 4 aromatic rings. The van der Waals surface area contributed by atoms with Crippen molar-refractivity contribution in [1.82, 2.24) is 9.78 Å². The second-order valence-electron chi connectivity index (χ2n) is 11.1. The average molecular weight is 573 g/mol. The Morgan fingerprint density at radius 3 is 2.44 bits per heavy atom. The van der Waals surface area contributed by atoms with Gasteiger partial charge in [-0.3, -0.25) is 14.5 Å². The number of hydrogen-bond acceptors (Lipinski definition) is 5. The molecule has 1 aliphatic heterocycles. The van der Waals surface area contributed by atoms with Crippen molar-refractivity contribution < 1.29 is 18.7 Å². The van der Waals surface area contributed by atoms with E-state index < -0.39 is 5.41 Å². The van der Waals surface area contributed by atoms with Gasteiger partial charge in [-0.15, -0.1) is 11.8 Å². The Bertz CT molecular complexity index is 1580. The Morgan fingerprint density at radius 2 is 1.80 bits per heavy atom. The summed E-state index contributed by atoms with van der Waals surface area (Å²) in [6.45, 7) is 7.94. The maximum absolute atomic E-state index is 14.5. The Labute approximate surface area is 243 Å². The Kier molecular flexibility index (Phi) is 7.91. The van der Waals surface area contributed by atoms with Crippen molar-refractivity contribution in [2.24, 2.45) is 0 Å². The van der Waals surface area contributed by atoms with Crippen LogP contribution in [0.2, 0.25) is 0 Å². The molecule has 0 spiro atoms. The molecule has 2 heterocycles. The second-order valence-corrected chi connectivity index (χ2v) is 12.2. The number of rotatable bonds is 6. The van der Waals surface area contributed by atoms with Crippen molar-refractivity contribution in [3.63, 3.8) is 0 Å². The van der Waals surface area contributed by atoms with Crippen LogP contribution in [-0.2, 0) is 15.0 Å². The van der Waals surface area contributed by atoms with E-state index in [0.717, 1.165) is 22.4 Å². The minimum Gasteiger partial charge on any atom is -0.497 e. The summed E-state index contributed by atoms with van der Waals surface area (Å²) in [5.41, 5.74) is 4.30. The zero-order valence-corrected chi connectivity index (χ0v) is 24.6. The van der Waals surface area contributed by atoms with Gasteiger partial charge in [0.05, 0.1) is 29.5 Å². The largest absolute Gasteiger partial charge is 0.497 e. The van der Waals surface area contributed by atoms with Gasteiger partial charge in [-0.05, 0) is 61.0 Å². The predicted molar refractivity (Wildman–Crippen MR) is 162 cm³/mol. The molecule has 5 rings (SSSR count). The van der Waals surface area contributed by atoms with Crippen LogP contribution in [-0.4, -0.2) is 41.0 Å². The molecule has 1 aliphatic rings. The van der Waals surface area contributed by atoms with Gasteiger partial charge in [0.1, 0.15) is 23.9 Å².